The van der Waals surface area contributed by atoms with E-state index in [1.807, 2.05) is 31.2 Å². The maximum atomic E-state index is 12.7. The number of hydrogen-bond donors (Lipinski definition) is 0. The summed E-state index contributed by atoms with van der Waals surface area (Å²) in [5.41, 5.74) is 1.85. The molecular weight excluding hydrogens is 416 g/mol. The maximum absolute atomic E-state index is 12.7. The second-order valence-electron chi connectivity index (χ2n) is 6.42. The summed E-state index contributed by atoms with van der Waals surface area (Å²) >= 11 is 3.47. The Hall–Kier alpha value is -1.89. The van der Waals surface area contributed by atoms with Crippen LogP contribution in [0.5, 0.6) is 5.75 Å². The van der Waals surface area contributed by atoms with E-state index in [9.17, 15) is 8.42 Å². The number of benzene rings is 3. The zero-order chi connectivity index (χ0) is 18.3. The summed E-state index contributed by atoms with van der Waals surface area (Å²) < 4.78 is 37.2. The Morgan fingerprint density at radius 1 is 1.12 bits per heavy atom. The second-order valence-corrected chi connectivity index (χ2v) is 8.88. The molecular formula is C20H17BrO4S. The van der Waals surface area contributed by atoms with Crippen molar-refractivity contribution < 1.29 is 17.3 Å². The number of rotatable bonds is 5. The predicted octanol–water partition coefficient (Wildman–Crippen LogP) is 4.62. The van der Waals surface area contributed by atoms with Crippen LogP contribution in [0.25, 0.3) is 10.8 Å². The van der Waals surface area contributed by atoms with Crippen molar-refractivity contribution in [3.63, 3.8) is 0 Å². The first-order valence-electron chi connectivity index (χ1n) is 8.26. The molecule has 3 aromatic carbocycles. The van der Waals surface area contributed by atoms with E-state index in [0.717, 1.165) is 26.4 Å². The third-order valence-corrected chi connectivity index (χ3v) is 6.14. The van der Waals surface area contributed by atoms with Crippen molar-refractivity contribution >= 4 is 36.8 Å². The highest BCUT2D eigenvalue weighted by atomic mass is 79.9. The Bertz CT molecular complexity index is 1070. The van der Waals surface area contributed by atoms with Crippen molar-refractivity contribution in [1.29, 1.82) is 0 Å². The molecule has 1 saturated heterocycles. The SMILES string of the molecule is Cc1ccc(S(=O)(=O)Oc2ccc3cc(Br)ccc3c2C[C@H]2CO2)cc1. The average molecular weight is 433 g/mol. The maximum Gasteiger partial charge on any atom is 0.339 e. The largest absolute Gasteiger partial charge is 0.379 e. The average Bonchev–Trinajstić information content (AvgIpc) is 3.41. The van der Waals surface area contributed by atoms with Crippen LogP contribution in [0.4, 0.5) is 0 Å². The molecule has 1 atom stereocenters. The highest BCUT2D eigenvalue weighted by Gasteiger charge is 2.27. The van der Waals surface area contributed by atoms with Crippen LogP contribution in [0.3, 0.4) is 0 Å². The molecule has 0 N–H and O–H groups in total. The lowest BCUT2D eigenvalue weighted by atomic mass is 10.00. The fourth-order valence-corrected chi connectivity index (χ4v) is 4.26. The van der Waals surface area contributed by atoms with E-state index in [4.69, 9.17) is 8.92 Å². The van der Waals surface area contributed by atoms with Crippen LogP contribution in [0, 0.1) is 6.92 Å². The molecule has 0 aromatic heterocycles. The van der Waals surface area contributed by atoms with Gasteiger partial charge in [0.15, 0.2) is 0 Å². The van der Waals surface area contributed by atoms with Gasteiger partial charge in [0.2, 0.25) is 0 Å². The van der Waals surface area contributed by atoms with Gasteiger partial charge in [0.25, 0.3) is 0 Å². The van der Waals surface area contributed by atoms with E-state index in [2.05, 4.69) is 15.9 Å². The fraction of sp³-hybridized carbons (Fsp3) is 0.200. The lowest BCUT2D eigenvalue weighted by Crippen LogP contribution is -2.12. The lowest BCUT2D eigenvalue weighted by molar-refractivity contribution is 0.405. The Balaban J connectivity index is 1.77. The topological polar surface area (TPSA) is 55.9 Å². The van der Waals surface area contributed by atoms with Gasteiger partial charge in [-0.2, -0.15) is 8.42 Å². The van der Waals surface area contributed by atoms with Gasteiger partial charge in [-0.3, -0.25) is 0 Å². The fourth-order valence-electron chi connectivity index (χ4n) is 2.92. The van der Waals surface area contributed by atoms with Gasteiger partial charge in [-0.15, -0.1) is 0 Å². The molecule has 0 saturated carbocycles. The van der Waals surface area contributed by atoms with Crippen molar-refractivity contribution in [3.8, 4) is 5.75 Å². The lowest BCUT2D eigenvalue weighted by Gasteiger charge is -2.14. The molecule has 0 spiro atoms. The summed E-state index contributed by atoms with van der Waals surface area (Å²) in [7, 11) is -3.89. The quantitative estimate of drug-likeness (QED) is 0.435. The first kappa shape index (κ1) is 17.5. The van der Waals surface area contributed by atoms with Gasteiger partial charge < -0.3 is 8.92 Å². The van der Waals surface area contributed by atoms with Crippen molar-refractivity contribution in [2.45, 2.75) is 24.3 Å². The molecule has 6 heteroatoms. The molecule has 0 radical (unpaired) electrons. The Morgan fingerprint density at radius 3 is 2.54 bits per heavy atom. The minimum absolute atomic E-state index is 0.119. The van der Waals surface area contributed by atoms with Gasteiger partial charge in [0.1, 0.15) is 10.6 Å². The van der Waals surface area contributed by atoms with Crippen LogP contribution in [0.1, 0.15) is 11.1 Å². The van der Waals surface area contributed by atoms with Crippen molar-refractivity contribution in [2.24, 2.45) is 0 Å². The number of epoxide rings is 1. The molecule has 4 nitrogen and oxygen atoms in total. The van der Waals surface area contributed by atoms with Crippen LogP contribution >= 0.6 is 15.9 Å². The molecule has 134 valence electrons. The third-order valence-electron chi connectivity index (χ3n) is 4.39. The molecule has 1 heterocycles. The molecule has 0 aliphatic carbocycles. The van der Waals surface area contributed by atoms with Crippen LogP contribution in [-0.4, -0.2) is 21.1 Å². The Labute approximate surface area is 161 Å². The number of ether oxygens (including phenoxy) is 1. The van der Waals surface area contributed by atoms with Gasteiger partial charge in [0, 0.05) is 16.5 Å². The van der Waals surface area contributed by atoms with Crippen LogP contribution in [0.15, 0.2) is 64.0 Å². The van der Waals surface area contributed by atoms with Gasteiger partial charge in [0.05, 0.1) is 12.7 Å². The molecule has 4 rings (SSSR count). The number of halogens is 1. The highest BCUT2D eigenvalue weighted by Crippen LogP contribution is 2.34. The molecule has 1 aliphatic heterocycles. The van der Waals surface area contributed by atoms with Gasteiger partial charge >= 0.3 is 10.1 Å². The molecule has 3 aromatic rings. The highest BCUT2D eigenvalue weighted by molar-refractivity contribution is 9.10. The minimum Gasteiger partial charge on any atom is -0.379 e. The van der Waals surface area contributed by atoms with E-state index in [-0.39, 0.29) is 11.0 Å². The monoisotopic (exact) mass is 432 g/mol. The molecule has 26 heavy (non-hydrogen) atoms. The number of fused-ring (bicyclic) bond motifs is 1. The summed E-state index contributed by atoms with van der Waals surface area (Å²) in [6.45, 7) is 2.60. The normalized spacial score (nSPS) is 16.6. The Kier molecular flexibility index (Phi) is 4.50. The smallest absolute Gasteiger partial charge is 0.339 e. The summed E-state index contributed by atoms with van der Waals surface area (Å²) in [5.74, 6) is 0.357. The zero-order valence-corrected chi connectivity index (χ0v) is 16.5. The van der Waals surface area contributed by atoms with Gasteiger partial charge in [-0.25, -0.2) is 0 Å². The van der Waals surface area contributed by atoms with Crippen LogP contribution in [-0.2, 0) is 21.3 Å². The molecule has 1 fully saturated rings. The number of aryl methyl sites for hydroxylation is 1. The van der Waals surface area contributed by atoms with E-state index in [0.29, 0.717) is 18.8 Å². The number of hydrogen-bond acceptors (Lipinski definition) is 4. The van der Waals surface area contributed by atoms with Crippen LogP contribution in [0.2, 0.25) is 0 Å². The minimum atomic E-state index is -3.89. The molecule has 0 bridgehead atoms. The summed E-state index contributed by atoms with van der Waals surface area (Å²) in [6, 6.07) is 16.2. The third kappa shape index (κ3) is 3.63. The second kappa shape index (κ2) is 6.68. The van der Waals surface area contributed by atoms with Crippen molar-refractivity contribution in [2.75, 3.05) is 6.61 Å². The zero-order valence-electron chi connectivity index (χ0n) is 14.1. The summed E-state index contributed by atoms with van der Waals surface area (Å²) in [4.78, 5) is 0.146. The first-order chi connectivity index (χ1) is 12.4. The van der Waals surface area contributed by atoms with E-state index in [1.54, 1.807) is 30.3 Å². The van der Waals surface area contributed by atoms with Crippen molar-refractivity contribution in [3.05, 3.63) is 70.2 Å². The molecule has 0 amide bonds. The first-order valence-corrected chi connectivity index (χ1v) is 10.5. The standard InChI is InChI=1S/C20H17BrO4S/c1-13-2-6-17(7-3-13)26(22,23)25-20-9-4-14-10-15(21)5-8-18(14)19(20)11-16-12-24-16/h2-10,16H,11-12H2,1H3/t16-/m0/s1. The van der Waals surface area contributed by atoms with Crippen molar-refractivity contribution in [1.82, 2.24) is 0 Å². The van der Waals surface area contributed by atoms with Crippen LogP contribution < -0.4 is 4.18 Å². The van der Waals surface area contributed by atoms with Gasteiger partial charge in [-0.1, -0.05) is 45.8 Å². The predicted molar refractivity (Wildman–Crippen MR) is 104 cm³/mol. The molecule has 1 aliphatic rings. The van der Waals surface area contributed by atoms with E-state index >= 15 is 0 Å². The van der Waals surface area contributed by atoms with Gasteiger partial charge in [-0.05, 0) is 48.0 Å². The van der Waals surface area contributed by atoms with E-state index in [1.165, 1.54) is 0 Å². The summed E-state index contributed by atoms with van der Waals surface area (Å²) in [5, 5.41) is 2.00. The summed E-state index contributed by atoms with van der Waals surface area (Å²) in [6.07, 6.45) is 0.742. The van der Waals surface area contributed by atoms with E-state index < -0.39 is 10.1 Å². The Morgan fingerprint density at radius 2 is 1.85 bits per heavy atom. The molecule has 0 unspecified atom stereocenters.